The van der Waals surface area contributed by atoms with Crippen LogP contribution in [-0.4, -0.2) is 30.1 Å². The Morgan fingerprint density at radius 2 is 1.60 bits per heavy atom. The fourth-order valence-electron chi connectivity index (χ4n) is 2.27. The summed E-state index contributed by atoms with van der Waals surface area (Å²) in [7, 11) is 0. The van der Waals surface area contributed by atoms with E-state index in [-0.39, 0.29) is 5.54 Å². The standard InChI is InChI=1S/C13H28N2/c1-3-5-10-15(11-6-4-2)12-13(14)8-7-9-13/h3-12,14H2,1-2H3. The molecule has 0 atom stereocenters. The van der Waals surface area contributed by atoms with Crippen molar-refractivity contribution in [3.63, 3.8) is 0 Å². The minimum atomic E-state index is 0.168. The van der Waals surface area contributed by atoms with Crippen molar-refractivity contribution in [2.24, 2.45) is 5.73 Å². The maximum atomic E-state index is 6.31. The molecule has 0 aromatic heterocycles. The van der Waals surface area contributed by atoms with E-state index >= 15 is 0 Å². The molecule has 2 N–H and O–H groups in total. The van der Waals surface area contributed by atoms with E-state index in [0.717, 1.165) is 6.54 Å². The van der Waals surface area contributed by atoms with E-state index in [1.165, 1.54) is 58.0 Å². The molecule has 15 heavy (non-hydrogen) atoms. The minimum Gasteiger partial charge on any atom is -0.324 e. The molecule has 0 aromatic carbocycles. The van der Waals surface area contributed by atoms with Crippen molar-refractivity contribution in [2.75, 3.05) is 19.6 Å². The van der Waals surface area contributed by atoms with Crippen LogP contribution < -0.4 is 5.73 Å². The van der Waals surface area contributed by atoms with Crippen LogP contribution in [-0.2, 0) is 0 Å². The molecule has 1 aliphatic carbocycles. The summed E-state index contributed by atoms with van der Waals surface area (Å²) in [4.78, 5) is 2.59. The molecule has 0 spiro atoms. The highest BCUT2D eigenvalue weighted by atomic mass is 15.1. The summed E-state index contributed by atoms with van der Waals surface area (Å²) in [5, 5.41) is 0. The lowest BCUT2D eigenvalue weighted by atomic mass is 9.77. The molecule has 0 aliphatic heterocycles. The van der Waals surface area contributed by atoms with E-state index in [1.54, 1.807) is 0 Å². The Bertz CT molecular complexity index is 156. The molecule has 0 unspecified atom stereocenters. The van der Waals surface area contributed by atoms with E-state index in [9.17, 15) is 0 Å². The largest absolute Gasteiger partial charge is 0.324 e. The van der Waals surface area contributed by atoms with Gasteiger partial charge in [-0.15, -0.1) is 0 Å². The normalized spacial score (nSPS) is 19.2. The van der Waals surface area contributed by atoms with Crippen molar-refractivity contribution in [3.8, 4) is 0 Å². The molecule has 1 fully saturated rings. The van der Waals surface area contributed by atoms with Crippen molar-refractivity contribution in [3.05, 3.63) is 0 Å². The molecule has 0 bridgehead atoms. The zero-order valence-electron chi connectivity index (χ0n) is 10.6. The van der Waals surface area contributed by atoms with Crippen LogP contribution in [0.25, 0.3) is 0 Å². The van der Waals surface area contributed by atoms with Crippen molar-refractivity contribution >= 4 is 0 Å². The number of nitrogens with two attached hydrogens (primary N) is 1. The van der Waals surface area contributed by atoms with Gasteiger partial charge < -0.3 is 10.6 Å². The summed E-state index contributed by atoms with van der Waals surface area (Å²) in [6, 6.07) is 0. The van der Waals surface area contributed by atoms with Gasteiger partial charge in [0.2, 0.25) is 0 Å². The second-order valence-corrected chi connectivity index (χ2v) is 5.20. The molecule has 2 heteroatoms. The molecule has 0 amide bonds. The molecular formula is C13H28N2. The smallest absolute Gasteiger partial charge is 0.0283 e. The zero-order valence-corrected chi connectivity index (χ0v) is 10.6. The molecule has 1 aliphatic rings. The highest BCUT2D eigenvalue weighted by Gasteiger charge is 2.33. The van der Waals surface area contributed by atoms with Crippen LogP contribution in [0.3, 0.4) is 0 Å². The van der Waals surface area contributed by atoms with Gasteiger partial charge in [-0.2, -0.15) is 0 Å². The van der Waals surface area contributed by atoms with Gasteiger partial charge in [-0.05, 0) is 45.2 Å². The van der Waals surface area contributed by atoms with E-state index in [4.69, 9.17) is 5.73 Å². The summed E-state index contributed by atoms with van der Waals surface area (Å²) in [5.41, 5.74) is 6.47. The molecule has 0 aromatic rings. The predicted molar refractivity (Wildman–Crippen MR) is 67.0 cm³/mol. The predicted octanol–water partition coefficient (Wildman–Crippen LogP) is 2.77. The Morgan fingerprint density at radius 3 is 1.93 bits per heavy atom. The molecule has 90 valence electrons. The Morgan fingerprint density at radius 1 is 1.07 bits per heavy atom. The van der Waals surface area contributed by atoms with Crippen LogP contribution in [0.2, 0.25) is 0 Å². The van der Waals surface area contributed by atoms with Crippen molar-refractivity contribution in [1.29, 1.82) is 0 Å². The first kappa shape index (κ1) is 13.0. The Labute approximate surface area is 95.2 Å². The van der Waals surface area contributed by atoms with Crippen LogP contribution in [0, 0.1) is 0 Å². The van der Waals surface area contributed by atoms with Gasteiger partial charge in [0.05, 0.1) is 0 Å². The fraction of sp³-hybridized carbons (Fsp3) is 1.00. The summed E-state index contributed by atoms with van der Waals surface area (Å²) in [6.07, 6.45) is 9.04. The average Bonchev–Trinajstić information content (AvgIpc) is 2.19. The maximum absolute atomic E-state index is 6.31. The molecular weight excluding hydrogens is 184 g/mol. The molecule has 1 rings (SSSR count). The van der Waals surface area contributed by atoms with Crippen LogP contribution >= 0.6 is 0 Å². The van der Waals surface area contributed by atoms with Gasteiger partial charge in [0.1, 0.15) is 0 Å². The third kappa shape index (κ3) is 4.52. The molecule has 1 saturated carbocycles. The average molecular weight is 212 g/mol. The first-order chi connectivity index (χ1) is 7.20. The number of rotatable bonds is 8. The highest BCUT2D eigenvalue weighted by molar-refractivity contribution is 4.95. The molecule has 2 nitrogen and oxygen atoms in total. The lowest BCUT2D eigenvalue weighted by Crippen LogP contribution is -2.55. The molecule has 0 heterocycles. The van der Waals surface area contributed by atoms with Gasteiger partial charge in [-0.3, -0.25) is 0 Å². The monoisotopic (exact) mass is 212 g/mol. The highest BCUT2D eigenvalue weighted by Crippen LogP contribution is 2.29. The lowest BCUT2D eigenvalue weighted by molar-refractivity contribution is 0.142. The second kappa shape index (κ2) is 6.49. The van der Waals surface area contributed by atoms with Crippen molar-refractivity contribution in [1.82, 2.24) is 4.90 Å². The summed E-state index contributed by atoms with van der Waals surface area (Å²) in [5.74, 6) is 0. The van der Waals surface area contributed by atoms with Crippen LogP contribution in [0.5, 0.6) is 0 Å². The SMILES string of the molecule is CCCCN(CCCC)CC1(N)CCC1. The van der Waals surface area contributed by atoms with Gasteiger partial charge in [0, 0.05) is 12.1 Å². The van der Waals surface area contributed by atoms with Gasteiger partial charge in [-0.1, -0.05) is 26.7 Å². The molecule has 0 radical (unpaired) electrons. The quantitative estimate of drug-likeness (QED) is 0.670. The van der Waals surface area contributed by atoms with Gasteiger partial charge >= 0.3 is 0 Å². The van der Waals surface area contributed by atoms with E-state index < -0.39 is 0 Å². The fourth-order valence-corrected chi connectivity index (χ4v) is 2.27. The lowest BCUT2D eigenvalue weighted by Gasteiger charge is -2.42. The van der Waals surface area contributed by atoms with Gasteiger partial charge in [0.15, 0.2) is 0 Å². The molecule has 0 saturated heterocycles. The second-order valence-electron chi connectivity index (χ2n) is 5.20. The van der Waals surface area contributed by atoms with E-state index in [2.05, 4.69) is 18.7 Å². The summed E-state index contributed by atoms with van der Waals surface area (Å²) >= 11 is 0. The van der Waals surface area contributed by atoms with E-state index in [0.29, 0.717) is 0 Å². The van der Waals surface area contributed by atoms with Gasteiger partial charge in [-0.25, -0.2) is 0 Å². The Hall–Kier alpha value is -0.0800. The third-order valence-corrected chi connectivity index (χ3v) is 3.54. The summed E-state index contributed by atoms with van der Waals surface area (Å²) in [6.45, 7) is 8.15. The summed E-state index contributed by atoms with van der Waals surface area (Å²) < 4.78 is 0. The van der Waals surface area contributed by atoms with Crippen LogP contribution in [0.1, 0.15) is 58.8 Å². The van der Waals surface area contributed by atoms with Crippen molar-refractivity contribution in [2.45, 2.75) is 64.3 Å². The number of hydrogen-bond acceptors (Lipinski definition) is 2. The van der Waals surface area contributed by atoms with Crippen molar-refractivity contribution < 1.29 is 0 Å². The van der Waals surface area contributed by atoms with Gasteiger partial charge in [0.25, 0.3) is 0 Å². The Balaban J connectivity index is 2.26. The first-order valence-electron chi connectivity index (χ1n) is 6.71. The van der Waals surface area contributed by atoms with E-state index in [1.807, 2.05) is 0 Å². The number of hydrogen-bond donors (Lipinski definition) is 1. The zero-order chi connectivity index (χ0) is 11.1. The topological polar surface area (TPSA) is 29.3 Å². The minimum absolute atomic E-state index is 0.168. The number of unbranched alkanes of at least 4 members (excludes halogenated alkanes) is 2. The maximum Gasteiger partial charge on any atom is 0.0283 e. The van der Waals surface area contributed by atoms with Crippen LogP contribution in [0.4, 0.5) is 0 Å². The Kier molecular flexibility index (Phi) is 5.62. The van der Waals surface area contributed by atoms with Crippen LogP contribution in [0.15, 0.2) is 0 Å². The third-order valence-electron chi connectivity index (χ3n) is 3.54. The first-order valence-corrected chi connectivity index (χ1v) is 6.71. The number of nitrogens with zero attached hydrogens (tertiary/aromatic N) is 1.